The molecule has 1 aromatic rings. The molecule has 1 N–H and O–H groups in total. The molecule has 0 spiro atoms. The van der Waals surface area contributed by atoms with Gasteiger partial charge in [0.25, 0.3) is 10.1 Å². The smallest absolute Gasteiger partial charge is 0.351 e. The Morgan fingerprint density at radius 1 is 1.17 bits per heavy atom. The number of nitrogens with one attached hydrogen (secondary N) is 1. The summed E-state index contributed by atoms with van der Waals surface area (Å²) in [5.41, 5.74) is -1.38. The quantitative estimate of drug-likeness (QED) is 0.797. The van der Waals surface area contributed by atoms with Gasteiger partial charge in [0.05, 0.1) is 23.8 Å². The van der Waals surface area contributed by atoms with Crippen LogP contribution in [0.25, 0.3) is 0 Å². The maximum atomic E-state index is 12.4. The third-order valence-electron chi connectivity index (χ3n) is 2.98. The summed E-state index contributed by atoms with van der Waals surface area (Å²) in [7, 11) is -3.66. The summed E-state index contributed by atoms with van der Waals surface area (Å²) in [4.78, 5) is 12.0. The van der Waals surface area contributed by atoms with Crippen LogP contribution in [0, 0.1) is 5.41 Å². The molecule has 0 aliphatic heterocycles. The lowest BCUT2D eigenvalue weighted by Crippen LogP contribution is -2.40. The molecular weight excluding hydrogens is 335 g/mol. The topological polar surface area (TPSA) is 72.5 Å². The SMILES string of the molecule is CC(C)(COS(C)(=O)=O)C(=O)NCc1ccc(C(F)(F)F)cc1. The standard InChI is InChI=1S/C14H18F3NO4S/c1-13(2,9-22-23(3,20)21)12(19)18-8-10-4-6-11(7-5-10)14(15,16)17/h4-7H,8-9H2,1-3H3,(H,18,19). The molecule has 0 unspecified atom stereocenters. The minimum Gasteiger partial charge on any atom is -0.351 e. The van der Waals surface area contributed by atoms with E-state index in [0.29, 0.717) is 5.56 Å². The van der Waals surface area contributed by atoms with Crippen molar-refractivity contribution in [3.63, 3.8) is 0 Å². The third kappa shape index (κ3) is 6.57. The van der Waals surface area contributed by atoms with Gasteiger partial charge in [0, 0.05) is 6.54 Å². The second-order valence-electron chi connectivity index (χ2n) is 5.73. The molecule has 9 heteroatoms. The lowest BCUT2D eigenvalue weighted by Gasteiger charge is -2.22. The van der Waals surface area contributed by atoms with Crippen LogP contribution in [0.5, 0.6) is 0 Å². The lowest BCUT2D eigenvalue weighted by molar-refractivity contribution is -0.137. The summed E-state index contributed by atoms with van der Waals surface area (Å²) in [6.45, 7) is 2.70. The molecule has 0 radical (unpaired) electrons. The molecule has 0 heterocycles. The van der Waals surface area contributed by atoms with Gasteiger partial charge in [-0.25, -0.2) is 0 Å². The largest absolute Gasteiger partial charge is 0.416 e. The first-order chi connectivity index (χ1) is 10.3. The minimum absolute atomic E-state index is 0.0271. The molecule has 0 saturated heterocycles. The van der Waals surface area contributed by atoms with Crippen molar-refractivity contribution >= 4 is 16.0 Å². The van der Waals surface area contributed by atoms with E-state index in [1.54, 1.807) is 0 Å². The van der Waals surface area contributed by atoms with Crippen LogP contribution in [-0.4, -0.2) is 27.2 Å². The number of carbonyl (C=O) groups excluding carboxylic acids is 1. The summed E-state index contributed by atoms with van der Waals surface area (Å²) in [5, 5.41) is 2.54. The van der Waals surface area contributed by atoms with Crippen molar-refractivity contribution in [2.24, 2.45) is 5.41 Å². The van der Waals surface area contributed by atoms with Gasteiger partial charge in [0.15, 0.2) is 0 Å². The molecule has 0 aliphatic rings. The number of carbonyl (C=O) groups is 1. The highest BCUT2D eigenvalue weighted by Crippen LogP contribution is 2.29. The fourth-order valence-electron chi connectivity index (χ4n) is 1.55. The van der Waals surface area contributed by atoms with Crippen molar-refractivity contribution < 1.29 is 30.6 Å². The summed E-state index contributed by atoms with van der Waals surface area (Å²) in [6.07, 6.45) is -3.53. The van der Waals surface area contributed by atoms with Gasteiger partial charge < -0.3 is 5.32 Å². The van der Waals surface area contributed by atoms with Crippen LogP contribution in [0.15, 0.2) is 24.3 Å². The molecule has 1 aromatic carbocycles. The van der Waals surface area contributed by atoms with Gasteiger partial charge in [0.1, 0.15) is 0 Å². The van der Waals surface area contributed by atoms with Crippen molar-refractivity contribution in [1.82, 2.24) is 5.32 Å². The zero-order chi connectivity index (χ0) is 17.9. The van der Waals surface area contributed by atoms with Gasteiger partial charge in [-0.05, 0) is 31.5 Å². The Morgan fingerprint density at radius 2 is 1.70 bits per heavy atom. The first kappa shape index (κ1) is 19.4. The molecule has 0 aliphatic carbocycles. The van der Waals surface area contributed by atoms with E-state index >= 15 is 0 Å². The highest BCUT2D eigenvalue weighted by atomic mass is 32.2. The zero-order valence-electron chi connectivity index (χ0n) is 12.9. The summed E-state index contributed by atoms with van der Waals surface area (Å²) >= 11 is 0. The molecule has 23 heavy (non-hydrogen) atoms. The Morgan fingerprint density at radius 3 is 2.13 bits per heavy atom. The number of hydrogen-bond donors (Lipinski definition) is 1. The average molecular weight is 353 g/mol. The Kier molecular flexibility index (Phi) is 5.81. The number of rotatable bonds is 6. The fourth-order valence-corrected chi connectivity index (χ4v) is 2.06. The molecule has 0 saturated carbocycles. The number of benzene rings is 1. The molecule has 0 fully saturated rings. The van der Waals surface area contributed by atoms with Crippen LogP contribution >= 0.6 is 0 Å². The van der Waals surface area contributed by atoms with Crippen LogP contribution in [-0.2, 0) is 31.8 Å². The highest BCUT2D eigenvalue weighted by Gasteiger charge is 2.31. The van der Waals surface area contributed by atoms with Gasteiger partial charge in [0.2, 0.25) is 5.91 Å². The van der Waals surface area contributed by atoms with Crippen molar-refractivity contribution in [3.8, 4) is 0 Å². The monoisotopic (exact) mass is 353 g/mol. The van der Waals surface area contributed by atoms with Crippen LogP contribution in [0.1, 0.15) is 25.0 Å². The Bertz CT molecular complexity index is 652. The van der Waals surface area contributed by atoms with E-state index in [-0.39, 0.29) is 13.2 Å². The highest BCUT2D eigenvalue weighted by molar-refractivity contribution is 7.85. The van der Waals surface area contributed by atoms with E-state index in [1.807, 2.05) is 0 Å². The normalized spacial score (nSPS) is 13.0. The fraction of sp³-hybridized carbons (Fsp3) is 0.500. The van der Waals surface area contributed by atoms with Crippen molar-refractivity contribution in [2.75, 3.05) is 12.9 Å². The molecule has 130 valence electrons. The maximum absolute atomic E-state index is 12.4. The van der Waals surface area contributed by atoms with E-state index in [0.717, 1.165) is 18.4 Å². The Labute approximate surface area is 133 Å². The van der Waals surface area contributed by atoms with Gasteiger partial charge >= 0.3 is 6.18 Å². The molecule has 0 aromatic heterocycles. The Balaban J connectivity index is 2.61. The number of amides is 1. The van der Waals surface area contributed by atoms with E-state index in [1.165, 1.54) is 26.0 Å². The van der Waals surface area contributed by atoms with Crippen molar-refractivity contribution in [1.29, 1.82) is 0 Å². The predicted molar refractivity (Wildman–Crippen MR) is 77.9 cm³/mol. The van der Waals surface area contributed by atoms with Crippen LogP contribution in [0.3, 0.4) is 0 Å². The van der Waals surface area contributed by atoms with E-state index in [9.17, 15) is 26.4 Å². The molecule has 1 rings (SSSR count). The van der Waals surface area contributed by atoms with Gasteiger partial charge in [-0.15, -0.1) is 0 Å². The first-order valence-corrected chi connectivity index (χ1v) is 8.42. The molecule has 1 amide bonds. The van der Waals surface area contributed by atoms with Gasteiger partial charge in [-0.2, -0.15) is 21.6 Å². The average Bonchev–Trinajstić information content (AvgIpc) is 2.41. The van der Waals surface area contributed by atoms with Crippen LogP contribution in [0.4, 0.5) is 13.2 Å². The first-order valence-electron chi connectivity index (χ1n) is 6.60. The van der Waals surface area contributed by atoms with E-state index in [4.69, 9.17) is 0 Å². The number of alkyl halides is 3. The minimum atomic E-state index is -4.41. The molecule has 0 atom stereocenters. The molecule has 0 bridgehead atoms. The van der Waals surface area contributed by atoms with Gasteiger partial charge in [-0.3, -0.25) is 8.98 Å². The Hall–Kier alpha value is -1.61. The zero-order valence-corrected chi connectivity index (χ0v) is 13.7. The predicted octanol–water partition coefficient (Wildman–Crippen LogP) is 2.32. The van der Waals surface area contributed by atoms with Crippen LogP contribution in [0.2, 0.25) is 0 Å². The summed E-state index contributed by atoms with van der Waals surface area (Å²) in [5.74, 6) is -0.471. The van der Waals surface area contributed by atoms with E-state index in [2.05, 4.69) is 9.50 Å². The summed E-state index contributed by atoms with van der Waals surface area (Å²) < 4.78 is 63.8. The summed E-state index contributed by atoms with van der Waals surface area (Å²) in [6, 6.07) is 4.39. The maximum Gasteiger partial charge on any atom is 0.416 e. The molecule has 5 nitrogen and oxygen atoms in total. The van der Waals surface area contributed by atoms with Gasteiger partial charge in [-0.1, -0.05) is 12.1 Å². The number of hydrogen-bond acceptors (Lipinski definition) is 4. The van der Waals surface area contributed by atoms with Crippen molar-refractivity contribution in [2.45, 2.75) is 26.6 Å². The lowest BCUT2D eigenvalue weighted by atomic mass is 9.93. The second-order valence-corrected chi connectivity index (χ2v) is 7.37. The van der Waals surface area contributed by atoms with E-state index < -0.39 is 33.2 Å². The second kappa shape index (κ2) is 6.88. The third-order valence-corrected chi connectivity index (χ3v) is 3.53. The van der Waals surface area contributed by atoms with Crippen molar-refractivity contribution in [3.05, 3.63) is 35.4 Å². The number of halogens is 3. The molecular formula is C14H18F3NO4S. The van der Waals surface area contributed by atoms with Crippen LogP contribution < -0.4 is 5.32 Å².